The van der Waals surface area contributed by atoms with Crippen LogP contribution in [0.5, 0.6) is 11.5 Å². The van der Waals surface area contributed by atoms with E-state index < -0.39 is 0 Å². The molecule has 0 aromatic heterocycles. The third-order valence-electron chi connectivity index (χ3n) is 3.06. The standard InChI is InChI=1S/C15H16N2O4/c1-20-12-7-8-15(21-2)13(9-12)16-10-11-5-3-4-6-14(11)17(18)19/h3-9,16H,10H2,1-2H3. The third-order valence-corrected chi connectivity index (χ3v) is 3.06. The van der Waals surface area contributed by atoms with Crippen molar-refractivity contribution < 1.29 is 14.4 Å². The van der Waals surface area contributed by atoms with Gasteiger partial charge in [-0.15, -0.1) is 0 Å². The minimum atomic E-state index is -0.389. The van der Waals surface area contributed by atoms with Gasteiger partial charge in [-0.05, 0) is 12.1 Å². The maximum atomic E-state index is 11.0. The molecule has 0 saturated carbocycles. The van der Waals surface area contributed by atoms with Gasteiger partial charge in [0.25, 0.3) is 5.69 Å². The molecule has 110 valence electrons. The molecule has 0 bridgehead atoms. The van der Waals surface area contributed by atoms with E-state index in [1.807, 2.05) is 0 Å². The second-order valence-corrected chi connectivity index (χ2v) is 4.31. The Hall–Kier alpha value is -2.76. The molecule has 2 aromatic carbocycles. The van der Waals surface area contributed by atoms with Gasteiger partial charge in [-0.1, -0.05) is 18.2 Å². The van der Waals surface area contributed by atoms with E-state index in [0.29, 0.717) is 23.6 Å². The van der Waals surface area contributed by atoms with Gasteiger partial charge in [-0.3, -0.25) is 10.1 Å². The summed E-state index contributed by atoms with van der Waals surface area (Å²) in [4.78, 5) is 10.6. The van der Waals surface area contributed by atoms with Crippen molar-refractivity contribution in [3.05, 3.63) is 58.1 Å². The van der Waals surface area contributed by atoms with Gasteiger partial charge in [0.2, 0.25) is 0 Å². The predicted octanol–water partition coefficient (Wildman–Crippen LogP) is 3.22. The summed E-state index contributed by atoms with van der Waals surface area (Å²) in [7, 11) is 3.14. The van der Waals surface area contributed by atoms with Crippen molar-refractivity contribution in [3.63, 3.8) is 0 Å². The Labute approximate surface area is 122 Å². The molecule has 1 N–H and O–H groups in total. The minimum absolute atomic E-state index is 0.0897. The Balaban J connectivity index is 2.22. The van der Waals surface area contributed by atoms with E-state index in [-0.39, 0.29) is 10.6 Å². The molecular weight excluding hydrogens is 272 g/mol. The summed E-state index contributed by atoms with van der Waals surface area (Å²) >= 11 is 0. The van der Waals surface area contributed by atoms with Crippen LogP contribution in [0.3, 0.4) is 0 Å². The number of nitro benzene ring substituents is 1. The summed E-state index contributed by atoms with van der Waals surface area (Å²) in [5, 5.41) is 14.1. The maximum Gasteiger partial charge on any atom is 0.274 e. The molecule has 0 aliphatic rings. The number of nitrogens with zero attached hydrogens (tertiary/aromatic N) is 1. The molecule has 0 unspecified atom stereocenters. The highest BCUT2D eigenvalue weighted by Crippen LogP contribution is 2.30. The van der Waals surface area contributed by atoms with Crippen molar-refractivity contribution >= 4 is 11.4 Å². The van der Waals surface area contributed by atoms with E-state index in [9.17, 15) is 10.1 Å². The van der Waals surface area contributed by atoms with Gasteiger partial charge in [0.15, 0.2) is 0 Å². The van der Waals surface area contributed by atoms with Crippen LogP contribution in [0.4, 0.5) is 11.4 Å². The molecule has 6 heteroatoms. The molecule has 21 heavy (non-hydrogen) atoms. The van der Waals surface area contributed by atoms with Crippen molar-refractivity contribution in [1.82, 2.24) is 0 Å². The van der Waals surface area contributed by atoms with Crippen LogP contribution >= 0.6 is 0 Å². The summed E-state index contributed by atoms with van der Waals surface area (Å²) in [6.45, 7) is 0.320. The van der Waals surface area contributed by atoms with E-state index in [1.54, 1.807) is 50.6 Å². The normalized spacial score (nSPS) is 10.0. The number of nitrogens with one attached hydrogen (secondary N) is 1. The molecule has 0 radical (unpaired) electrons. The zero-order valence-corrected chi connectivity index (χ0v) is 11.8. The summed E-state index contributed by atoms with van der Waals surface area (Å²) in [5.41, 5.74) is 1.41. The monoisotopic (exact) mass is 288 g/mol. The number of benzene rings is 2. The number of ether oxygens (including phenoxy) is 2. The highest BCUT2D eigenvalue weighted by atomic mass is 16.6. The van der Waals surface area contributed by atoms with Gasteiger partial charge in [-0.25, -0.2) is 0 Å². The lowest BCUT2D eigenvalue weighted by atomic mass is 10.1. The molecule has 0 aliphatic heterocycles. The first-order chi connectivity index (χ1) is 10.2. The van der Waals surface area contributed by atoms with E-state index in [1.165, 1.54) is 6.07 Å². The lowest BCUT2D eigenvalue weighted by molar-refractivity contribution is -0.385. The van der Waals surface area contributed by atoms with E-state index in [0.717, 1.165) is 5.69 Å². The first-order valence-electron chi connectivity index (χ1n) is 6.34. The van der Waals surface area contributed by atoms with Gasteiger partial charge in [0, 0.05) is 24.2 Å². The molecule has 2 rings (SSSR count). The Morgan fingerprint density at radius 1 is 1.14 bits per heavy atom. The smallest absolute Gasteiger partial charge is 0.274 e. The Morgan fingerprint density at radius 3 is 2.57 bits per heavy atom. The van der Waals surface area contributed by atoms with Crippen LogP contribution in [0, 0.1) is 10.1 Å². The summed E-state index contributed by atoms with van der Waals surface area (Å²) in [6, 6.07) is 12.0. The number of hydrogen-bond acceptors (Lipinski definition) is 5. The topological polar surface area (TPSA) is 73.6 Å². The molecular formula is C15H16N2O4. The van der Waals surface area contributed by atoms with Crippen molar-refractivity contribution in [2.24, 2.45) is 0 Å². The molecule has 0 heterocycles. The fraction of sp³-hybridized carbons (Fsp3) is 0.200. The van der Waals surface area contributed by atoms with Crippen LogP contribution in [0.25, 0.3) is 0 Å². The molecule has 0 spiro atoms. The summed E-state index contributed by atoms with van der Waals surface area (Å²) < 4.78 is 10.4. The summed E-state index contributed by atoms with van der Waals surface area (Å²) in [6.07, 6.45) is 0. The van der Waals surface area contributed by atoms with E-state index in [4.69, 9.17) is 9.47 Å². The maximum absolute atomic E-state index is 11.0. The van der Waals surface area contributed by atoms with Gasteiger partial charge in [-0.2, -0.15) is 0 Å². The molecule has 6 nitrogen and oxygen atoms in total. The van der Waals surface area contributed by atoms with Crippen molar-refractivity contribution in [1.29, 1.82) is 0 Å². The summed E-state index contributed by atoms with van der Waals surface area (Å²) in [5.74, 6) is 1.33. The lowest BCUT2D eigenvalue weighted by Crippen LogP contribution is -2.04. The number of methoxy groups -OCH3 is 2. The lowest BCUT2D eigenvalue weighted by Gasteiger charge is -2.12. The Morgan fingerprint density at radius 2 is 1.90 bits per heavy atom. The van der Waals surface area contributed by atoms with Crippen LogP contribution in [-0.2, 0) is 6.54 Å². The van der Waals surface area contributed by atoms with Crippen molar-refractivity contribution in [2.45, 2.75) is 6.54 Å². The number of anilines is 1. The average Bonchev–Trinajstić information content (AvgIpc) is 2.52. The van der Waals surface area contributed by atoms with Gasteiger partial charge >= 0.3 is 0 Å². The highest BCUT2D eigenvalue weighted by Gasteiger charge is 2.13. The van der Waals surface area contributed by atoms with Crippen molar-refractivity contribution in [3.8, 4) is 11.5 Å². The van der Waals surface area contributed by atoms with Crippen LogP contribution in [-0.4, -0.2) is 19.1 Å². The molecule has 0 atom stereocenters. The van der Waals surface area contributed by atoms with E-state index in [2.05, 4.69) is 5.32 Å². The number of hydrogen-bond donors (Lipinski definition) is 1. The molecule has 0 saturated heterocycles. The zero-order chi connectivity index (χ0) is 15.2. The van der Waals surface area contributed by atoms with Gasteiger partial charge < -0.3 is 14.8 Å². The van der Waals surface area contributed by atoms with Crippen molar-refractivity contribution in [2.75, 3.05) is 19.5 Å². The fourth-order valence-electron chi connectivity index (χ4n) is 1.98. The molecule has 2 aromatic rings. The second kappa shape index (κ2) is 6.60. The second-order valence-electron chi connectivity index (χ2n) is 4.31. The zero-order valence-electron chi connectivity index (χ0n) is 11.8. The molecule has 0 amide bonds. The van der Waals surface area contributed by atoms with Crippen LogP contribution < -0.4 is 14.8 Å². The van der Waals surface area contributed by atoms with E-state index >= 15 is 0 Å². The first-order valence-corrected chi connectivity index (χ1v) is 6.34. The van der Waals surface area contributed by atoms with Crippen LogP contribution in [0.1, 0.15) is 5.56 Å². The largest absolute Gasteiger partial charge is 0.497 e. The van der Waals surface area contributed by atoms with Gasteiger partial charge in [0.1, 0.15) is 11.5 Å². The first kappa shape index (κ1) is 14.6. The molecule has 0 fully saturated rings. The number of rotatable bonds is 6. The van der Waals surface area contributed by atoms with Gasteiger partial charge in [0.05, 0.1) is 24.8 Å². The minimum Gasteiger partial charge on any atom is -0.497 e. The predicted molar refractivity (Wildman–Crippen MR) is 80.0 cm³/mol. The fourth-order valence-corrected chi connectivity index (χ4v) is 1.98. The Bertz CT molecular complexity index is 643. The SMILES string of the molecule is COc1ccc(OC)c(NCc2ccccc2[N+](=O)[O-])c1. The number of para-hydroxylation sites is 1. The Kier molecular flexibility index (Phi) is 4.61. The molecule has 0 aliphatic carbocycles. The third kappa shape index (κ3) is 3.42. The number of nitro groups is 1. The van der Waals surface area contributed by atoms with Crippen LogP contribution in [0.2, 0.25) is 0 Å². The highest BCUT2D eigenvalue weighted by molar-refractivity contribution is 5.60. The average molecular weight is 288 g/mol. The van der Waals surface area contributed by atoms with Crippen LogP contribution in [0.15, 0.2) is 42.5 Å². The quantitative estimate of drug-likeness (QED) is 0.652.